The number of nitrogens with zero attached hydrogens (tertiary/aromatic N) is 1. The smallest absolute Gasteiger partial charge is 0.359 e. The van der Waals surface area contributed by atoms with Crippen LogP contribution in [0.1, 0.15) is 41.0 Å². The van der Waals surface area contributed by atoms with Crippen LogP contribution in [0.15, 0.2) is 0 Å². The van der Waals surface area contributed by atoms with Gasteiger partial charge in [0.2, 0.25) is 0 Å². The number of hydrogen-bond donors (Lipinski definition) is 1. The number of carbonyl (C=O) groups is 1. The minimum absolute atomic E-state index is 0.286. The predicted octanol–water partition coefficient (Wildman–Crippen LogP) is 1.25. The first-order chi connectivity index (χ1) is 6.81. The molecule has 1 heterocycles. The molecule has 1 N–H and O–H groups in total. The van der Waals surface area contributed by atoms with Gasteiger partial charge in [0.05, 0.1) is 6.61 Å². The van der Waals surface area contributed by atoms with Gasteiger partial charge in [-0.15, -0.1) is 0 Å². The summed E-state index contributed by atoms with van der Waals surface area (Å²) >= 11 is 0. The van der Waals surface area contributed by atoms with E-state index in [0.29, 0.717) is 18.2 Å². The van der Waals surface area contributed by atoms with Gasteiger partial charge >= 0.3 is 5.97 Å². The van der Waals surface area contributed by atoms with Crippen molar-refractivity contribution in [3.63, 3.8) is 0 Å². The zero-order valence-corrected chi connectivity index (χ0v) is 8.04. The Balaban J connectivity index is 1.93. The van der Waals surface area contributed by atoms with Crippen molar-refractivity contribution in [2.75, 3.05) is 6.61 Å². The molecule has 1 fully saturated rings. The summed E-state index contributed by atoms with van der Waals surface area (Å²) in [6.07, 6.45) is 2.27. The average molecular weight is 192 g/mol. The maximum absolute atomic E-state index is 11.5. The van der Waals surface area contributed by atoms with Crippen molar-refractivity contribution in [3.8, 4) is 0 Å². The fourth-order valence-corrected chi connectivity index (χ4v) is 2.35. The number of nitrogens with one attached hydrogen (secondary N) is 1. The van der Waals surface area contributed by atoms with Crippen LogP contribution >= 0.6 is 0 Å². The molecule has 4 heteroatoms. The van der Waals surface area contributed by atoms with Crippen molar-refractivity contribution in [2.45, 2.75) is 25.7 Å². The Morgan fingerprint density at radius 2 is 2.57 bits per heavy atom. The highest BCUT2D eigenvalue weighted by atomic mass is 16.5. The number of carbonyl (C=O) groups excluding carboxylic acids is 1. The predicted molar refractivity (Wildman–Crippen MR) is 49.1 cm³/mol. The van der Waals surface area contributed by atoms with Crippen LogP contribution in [0.4, 0.5) is 0 Å². The first-order valence-corrected chi connectivity index (χ1v) is 5.05. The molecule has 1 aromatic heterocycles. The second-order valence-electron chi connectivity index (χ2n) is 3.99. The molecule has 0 aliphatic heterocycles. The summed E-state index contributed by atoms with van der Waals surface area (Å²) < 4.78 is 4.94. The van der Waals surface area contributed by atoms with Crippen LogP contribution in [0.2, 0.25) is 0 Å². The molecule has 0 unspecified atom stereocenters. The third-order valence-corrected chi connectivity index (χ3v) is 3.13. The largest absolute Gasteiger partial charge is 0.461 e. The van der Waals surface area contributed by atoms with Crippen molar-refractivity contribution in [1.82, 2.24) is 10.2 Å². The maximum atomic E-state index is 11.5. The summed E-state index contributed by atoms with van der Waals surface area (Å²) in [7, 11) is 0. The second-order valence-corrected chi connectivity index (χ2v) is 3.99. The first kappa shape index (κ1) is 8.03. The van der Waals surface area contributed by atoms with Gasteiger partial charge in [0.25, 0.3) is 0 Å². The Morgan fingerprint density at radius 3 is 3.36 bits per heavy atom. The molecular formula is C10H12N2O2. The Morgan fingerprint density at radius 1 is 1.71 bits per heavy atom. The van der Waals surface area contributed by atoms with Gasteiger partial charge in [0, 0.05) is 17.2 Å². The normalized spacial score (nSPS) is 26.9. The quantitative estimate of drug-likeness (QED) is 0.717. The summed E-state index contributed by atoms with van der Waals surface area (Å²) in [6, 6.07) is 0. The van der Waals surface area contributed by atoms with Gasteiger partial charge in [-0.25, -0.2) is 4.79 Å². The lowest BCUT2D eigenvalue weighted by Gasteiger charge is -1.99. The molecule has 0 amide bonds. The molecular weight excluding hydrogens is 180 g/mol. The van der Waals surface area contributed by atoms with E-state index in [-0.39, 0.29) is 5.97 Å². The molecule has 1 aromatic rings. The minimum Gasteiger partial charge on any atom is -0.461 e. The third kappa shape index (κ3) is 0.937. The van der Waals surface area contributed by atoms with Crippen LogP contribution < -0.4 is 0 Å². The van der Waals surface area contributed by atoms with E-state index in [1.165, 1.54) is 12.1 Å². The Bertz CT molecular complexity index is 397. The molecule has 2 aliphatic rings. The highest BCUT2D eigenvalue weighted by Gasteiger charge is 2.48. The zero-order chi connectivity index (χ0) is 9.71. The third-order valence-electron chi connectivity index (χ3n) is 3.13. The summed E-state index contributed by atoms with van der Waals surface area (Å²) in [4.78, 5) is 11.5. The van der Waals surface area contributed by atoms with E-state index in [2.05, 4.69) is 10.2 Å². The Hall–Kier alpha value is -1.32. The van der Waals surface area contributed by atoms with Crippen LogP contribution in [0.5, 0.6) is 0 Å². The van der Waals surface area contributed by atoms with Crippen molar-refractivity contribution >= 4 is 5.97 Å². The van der Waals surface area contributed by atoms with E-state index < -0.39 is 0 Å². The number of H-pyrrole nitrogens is 1. The van der Waals surface area contributed by atoms with Gasteiger partial charge in [-0.2, -0.15) is 5.10 Å². The van der Waals surface area contributed by atoms with Gasteiger partial charge in [-0.3, -0.25) is 5.10 Å². The highest BCUT2D eigenvalue weighted by Crippen LogP contribution is 2.55. The number of aromatic amines is 1. The number of esters is 1. The monoisotopic (exact) mass is 192 g/mol. The summed E-state index contributed by atoms with van der Waals surface area (Å²) in [5.41, 5.74) is 2.79. The molecule has 0 bridgehead atoms. The van der Waals surface area contributed by atoms with Crippen molar-refractivity contribution in [2.24, 2.45) is 5.92 Å². The molecule has 0 aromatic carbocycles. The SMILES string of the molecule is CCOC(=O)c1n[nH]c2c1C[C@H]1C[C@@H]21. The first-order valence-electron chi connectivity index (χ1n) is 5.05. The van der Waals surface area contributed by atoms with Crippen LogP contribution in [0.3, 0.4) is 0 Å². The van der Waals surface area contributed by atoms with Gasteiger partial charge in [0.15, 0.2) is 5.69 Å². The molecule has 4 nitrogen and oxygen atoms in total. The van der Waals surface area contributed by atoms with Crippen molar-refractivity contribution in [1.29, 1.82) is 0 Å². The van der Waals surface area contributed by atoms with E-state index in [4.69, 9.17) is 4.74 Å². The Kier molecular flexibility index (Phi) is 1.48. The van der Waals surface area contributed by atoms with Crippen LogP contribution in [0, 0.1) is 5.92 Å². The van der Waals surface area contributed by atoms with Gasteiger partial charge in [0.1, 0.15) is 0 Å². The van der Waals surface area contributed by atoms with Crippen molar-refractivity contribution < 1.29 is 9.53 Å². The topological polar surface area (TPSA) is 55.0 Å². The zero-order valence-electron chi connectivity index (χ0n) is 8.04. The molecule has 3 rings (SSSR count). The van der Waals surface area contributed by atoms with E-state index in [1.54, 1.807) is 0 Å². The van der Waals surface area contributed by atoms with E-state index in [0.717, 1.165) is 17.9 Å². The Labute approximate surface area is 81.6 Å². The number of rotatable bonds is 2. The molecule has 0 radical (unpaired) electrons. The molecule has 2 atom stereocenters. The summed E-state index contributed by atoms with van der Waals surface area (Å²) in [5, 5.41) is 7.00. The number of aromatic nitrogens is 2. The maximum Gasteiger partial charge on any atom is 0.359 e. The van der Waals surface area contributed by atoms with Gasteiger partial charge in [-0.1, -0.05) is 0 Å². The fourth-order valence-electron chi connectivity index (χ4n) is 2.35. The van der Waals surface area contributed by atoms with E-state index in [9.17, 15) is 4.79 Å². The summed E-state index contributed by atoms with van der Waals surface area (Å²) in [5.74, 6) is 1.14. The van der Waals surface area contributed by atoms with Gasteiger partial charge in [-0.05, 0) is 25.7 Å². The molecule has 2 aliphatic carbocycles. The van der Waals surface area contributed by atoms with Crippen molar-refractivity contribution in [3.05, 3.63) is 17.0 Å². The van der Waals surface area contributed by atoms with Crippen LogP contribution in [-0.2, 0) is 11.2 Å². The lowest BCUT2D eigenvalue weighted by Crippen LogP contribution is -2.08. The number of ether oxygens (including phenoxy) is 1. The summed E-state index contributed by atoms with van der Waals surface area (Å²) in [6.45, 7) is 2.22. The molecule has 0 spiro atoms. The molecule has 0 saturated heterocycles. The lowest BCUT2D eigenvalue weighted by atomic mass is 10.1. The standard InChI is InChI=1S/C10H12N2O2/c1-2-14-10(13)9-7-4-5-3-6(5)8(7)11-12-9/h5-6H,2-4H2,1H3,(H,11,12)/t5-,6-/m1/s1. The van der Waals surface area contributed by atoms with Crippen LogP contribution in [-0.4, -0.2) is 22.8 Å². The average Bonchev–Trinajstić information content (AvgIpc) is 2.67. The van der Waals surface area contributed by atoms with E-state index in [1.807, 2.05) is 6.92 Å². The number of hydrogen-bond acceptors (Lipinski definition) is 3. The molecule has 74 valence electrons. The number of fused-ring (bicyclic) bond motifs is 3. The lowest BCUT2D eigenvalue weighted by molar-refractivity contribution is 0.0518. The van der Waals surface area contributed by atoms with E-state index >= 15 is 0 Å². The molecule has 1 saturated carbocycles. The molecule has 14 heavy (non-hydrogen) atoms. The highest BCUT2D eigenvalue weighted by molar-refractivity contribution is 5.89. The minimum atomic E-state index is -0.286. The second kappa shape index (κ2) is 2.59. The van der Waals surface area contributed by atoms with Crippen LogP contribution in [0.25, 0.3) is 0 Å². The fraction of sp³-hybridized carbons (Fsp3) is 0.600. The van der Waals surface area contributed by atoms with Gasteiger partial charge < -0.3 is 4.74 Å².